The molecule has 0 N–H and O–H groups in total. The van der Waals surface area contributed by atoms with Crippen molar-refractivity contribution in [2.24, 2.45) is 17.8 Å². The number of para-hydroxylation sites is 1. The SMILES string of the molecule is CCCCCCCC(CCCC(C)CCOc1c(C)cccc1C)C(C)Cc1ccccc1. The van der Waals surface area contributed by atoms with Crippen LogP contribution in [0.15, 0.2) is 48.5 Å². The van der Waals surface area contributed by atoms with E-state index in [0.29, 0.717) is 0 Å². The number of hydrogen-bond donors (Lipinski definition) is 0. The summed E-state index contributed by atoms with van der Waals surface area (Å²) in [7, 11) is 0. The normalized spacial score (nSPS) is 14.1. The molecule has 0 aromatic heterocycles. The highest BCUT2D eigenvalue weighted by atomic mass is 16.5. The highest BCUT2D eigenvalue weighted by molar-refractivity contribution is 5.39. The standard InChI is InChI=1S/C32H50O/c1-6-7-8-9-13-21-31(29(5)25-30-19-11-10-12-20-30)22-14-16-26(2)23-24-33-32-27(3)17-15-18-28(32)4/h10-12,15,17-20,26,29,31H,6-9,13-14,16,21-25H2,1-5H3. The number of rotatable bonds is 17. The van der Waals surface area contributed by atoms with E-state index in [9.17, 15) is 0 Å². The van der Waals surface area contributed by atoms with Crippen LogP contribution in [-0.4, -0.2) is 6.61 Å². The number of hydrogen-bond acceptors (Lipinski definition) is 1. The van der Waals surface area contributed by atoms with E-state index in [1.54, 1.807) is 0 Å². The van der Waals surface area contributed by atoms with Crippen molar-refractivity contribution in [3.8, 4) is 5.75 Å². The third-order valence-corrected chi connectivity index (χ3v) is 7.42. The van der Waals surface area contributed by atoms with Crippen LogP contribution in [0.1, 0.15) is 102 Å². The Bertz CT molecular complexity index is 730. The molecule has 184 valence electrons. The maximum atomic E-state index is 6.16. The lowest BCUT2D eigenvalue weighted by Gasteiger charge is -2.25. The molecule has 0 aliphatic heterocycles. The van der Waals surface area contributed by atoms with Crippen molar-refractivity contribution in [1.82, 2.24) is 0 Å². The minimum Gasteiger partial charge on any atom is -0.493 e. The number of unbranched alkanes of at least 4 members (excludes halogenated alkanes) is 4. The third kappa shape index (κ3) is 10.8. The molecule has 0 heterocycles. The van der Waals surface area contributed by atoms with Crippen LogP contribution < -0.4 is 4.74 Å². The van der Waals surface area contributed by atoms with Crippen molar-refractivity contribution in [3.63, 3.8) is 0 Å². The van der Waals surface area contributed by atoms with Crippen LogP contribution >= 0.6 is 0 Å². The van der Waals surface area contributed by atoms with Gasteiger partial charge >= 0.3 is 0 Å². The highest BCUT2D eigenvalue weighted by Crippen LogP contribution is 2.29. The first kappa shape index (κ1) is 27.5. The Morgan fingerprint density at radius 1 is 0.697 bits per heavy atom. The van der Waals surface area contributed by atoms with Gasteiger partial charge in [-0.25, -0.2) is 0 Å². The van der Waals surface area contributed by atoms with Crippen molar-refractivity contribution >= 4 is 0 Å². The third-order valence-electron chi connectivity index (χ3n) is 7.42. The second kappa shape index (κ2) is 16.0. The molecule has 0 bridgehead atoms. The van der Waals surface area contributed by atoms with Crippen LogP contribution in [0.5, 0.6) is 5.75 Å². The summed E-state index contributed by atoms with van der Waals surface area (Å²) in [6, 6.07) is 17.5. The van der Waals surface area contributed by atoms with Gasteiger partial charge in [-0.3, -0.25) is 0 Å². The summed E-state index contributed by atoms with van der Waals surface area (Å²) in [5, 5.41) is 0. The molecule has 0 radical (unpaired) electrons. The highest BCUT2D eigenvalue weighted by Gasteiger charge is 2.18. The van der Waals surface area contributed by atoms with Crippen molar-refractivity contribution in [1.29, 1.82) is 0 Å². The average molecular weight is 451 g/mol. The summed E-state index contributed by atoms with van der Waals surface area (Å²) in [4.78, 5) is 0. The van der Waals surface area contributed by atoms with Gasteiger partial charge in [0, 0.05) is 0 Å². The Labute approximate surface area is 205 Å². The van der Waals surface area contributed by atoms with Gasteiger partial charge in [0.1, 0.15) is 5.75 Å². The van der Waals surface area contributed by atoms with Crippen LogP contribution in [-0.2, 0) is 6.42 Å². The zero-order chi connectivity index (χ0) is 23.9. The number of aryl methyl sites for hydroxylation is 2. The molecule has 0 spiro atoms. The Morgan fingerprint density at radius 2 is 1.36 bits per heavy atom. The first-order chi connectivity index (χ1) is 16.0. The Balaban J connectivity index is 1.76. The lowest BCUT2D eigenvalue weighted by atomic mass is 9.81. The largest absolute Gasteiger partial charge is 0.493 e. The van der Waals surface area contributed by atoms with Gasteiger partial charge in [0.25, 0.3) is 0 Å². The fourth-order valence-electron chi connectivity index (χ4n) is 5.14. The van der Waals surface area contributed by atoms with Crippen molar-refractivity contribution < 1.29 is 4.74 Å². The van der Waals surface area contributed by atoms with Crippen LogP contribution in [0.3, 0.4) is 0 Å². The van der Waals surface area contributed by atoms with Gasteiger partial charge in [0.2, 0.25) is 0 Å². The van der Waals surface area contributed by atoms with Gasteiger partial charge < -0.3 is 4.74 Å². The Kier molecular flexibility index (Phi) is 13.3. The molecule has 1 nitrogen and oxygen atoms in total. The minimum absolute atomic E-state index is 0.726. The Morgan fingerprint density at radius 3 is 2.06 bits per heavy atom. The number of ether oxygens (including phenoxy) is 1. The molecular weight excluding hydrogens is 400 g/mol. The second-order valence-electron chi connectivity index (χ2n) is 10.5. The van der Waals surface area contributed by atoms with E-state index in [1.807, 2.05) is 0 Å². The van der Waals surface area contributed by atoms with Crippen LogP contribution in [0, 0.1) is 31.6 Å². The van der Waals surface area contributed by atoms with Crippen molar-refractivity contribution in [3.05, 3.63) is 65.2 Å². The molecule has 0 fully saturated rings. The summed E-state index contributed by atoms with van der Waals surface area (Å²) in [6.07, 6.45) is 14.8. The van der Waals surface area contributed by atoms with Crippen LogP contribution in [0.4, 0.5) is 0 Å². The predicted molar refractivity (Wildman–Crippen MR) is 145 cm³/mol. The van der Waals surface area contributed by atoms with Crippen molar-refractivity contribution in [2.45, 2.75) is 105 Å². The fourth-order valence-corrected chi connectivity index (χ4v) is 5.14. The zero-order valence-electron chi connectivity index (χ0n) is 22.2. The van der Waals surface area contributed by atoms with Gasteiger partial charge in [-0.15, -0.1) is 0 Å². The average Bonchev–Trinajstić information content (AvgIpc) is 2.80. The van der Waals surface area contributed by atoms with Gasteiger partial charge in [-0.2, -0.15) is 0 Å². The van der Waals surface area contributed by atoms with E-state index in [0.717, 1.165) is 36.5 Å². The molecule has 0 amide bonds. The summed E-state index contributed by atoms with van der Waals surface area (Å²) < 4.78 is 6.16. The monoisotopic (exact) mass is 450 g/mol. The molecule has 0 saturated heterocycles. The quantitative estimate of drug-likeness (QED) is 0.218. The minimum atomic E-state index is 0.726. The summed E-state index contributed by atoms with van der Waals surface area (Å²) in [5.74, 6) is 3.43. The maximum absolute atomic E-state index is 6.16. The van der Waals surface area contributed by atoms with E-state index in [1.165, 1.54) is 80.9 Å². The lowest BCUT2D eigenvalue weighted by Crippen LogP contribution is -2.15. The molecule has 33 heavy (non-hydrogen) atoms. The molecule has 3 atom stereocenters. The molecule has 2 aromatic carbocycles. The molecule has 3 unspecified atom stereocenters. The number of benzene rings is 2. The van der Waals surface area contributed by atoms with Crippen LogP contribution in [0.25, 0.3) is 0 Å². The molecule has 0 saturated carbocycles. The van der Waals surface area contributed by atoms with E-state index >= 15 is 0 Å². The van der Waals surface area contributed by atoms with Gasteiger partial charge in [-0.1, -0.05) is 127 Å². The lowest BCUT2D eigenvalue weighted by molar-refractivity contribution is 0.260. The van der Waals surface area contributed by atoms with Crippen LogP contribution in [0.2, 0.25) is 0 Å². The first-order valence-electron chi connectivity index (χ1n) is 13.7. The smallest absolute Gasteiger partial charge is 0.125 e. The topological polar surface area (TPSA) is 9.23 Å². The van der Waals surface area contributed by atoms with Crippen molar-refractivity contribution in [2.75, 3.05) is 6.61 Å². The molecule has 2 rings (SSSR count). The van der Waals surface area contributed by atoms with E-state index in [2.05, 4.69) is 83.1 Å². The second-order valence-corrected chi connectivity index (χ2v) is 10.5. The molecule has 1 heteroatoms. The molecule has 0 aliphatic rings. The van der Waals surface area contributed by atoms with Gasteiger partial charge in [0.15, 0.2) is 0 Å². The van der Waals surface area contributed by atoms with E-state index in [4.69, 9.17) is 4.74 Å². The van der Waals surface area contributed by atoms with E-state index in [-0.39, 0.29) is 0 Å². The maximum Gasteiger partial charge on any atom is 0.125 e. The fraction of sp³-hybridized carbons (Fsp3) is 0.625. The summed E-state index contributed by atoms with van der Waals surface area (Å²) in [5.41, 5.74) is 3.99. The summed E-state index contributed by atoms with van der Waals surface area (Å²) in [6.45, 7) is 12.3. The Hall–Kier alpha value is -1.76. The predicted octanol–water partition coefficient (Wildman–Crippen LogP) is 9.73. The first-order valence-corrected chi connectivity index (χ1v) is 13.7. The molecule has 0 aliphatic carbocycles. The molecule has 2 aromatic rings. The van der Waals surface area contributed by atoms with E-state index < -0.39 is 0 Å². The van der Waals surface area contributed by atoms with Gasteiger partial charge in [-0.05, 0) is 61.1 Å². The molecular formula is C32H50O. The van der Waals surface area contributed by atoms with Gasteiger partial charge in [0.05, 0.1) is 6.61 Å². The zero-order valence-corrected chi connectivity index (χ0v) is 22.2. The summed E-state index contributed by atoms with van der Waals surface area (Å²) >= 11 is 0.